The van der Waals surface area contributed by atoms with E-state index in [2.05, 4.69) is 10.6 Å². The van der Waals surface area contributed by atoms with Crippen LogP contribution < -0.4 is 10.6 Å². The summed E-state index contributed by atoms with van der Waals surface area (Å²) in [6.45, 7) is 0.849. The highest BCUT2D eigenvalue weighted by molar-refractivity contribution is 7.90. The minimum atomic E-state index is -3.65. The molecule has 0 bridgehead atoms. The molecule has 32 heavy (non-hydrogen) atoms. The van der Waals surface area contributed by atoms with Crippen molar-refractivity contribution in [3.05, 3.63) is 72.3 Å². The number of benzene rings is 1. The van der Waals surface area contributed by atoms with Crippen LogP contribution in [0.3, 0.4) is 0 Å². The number of halogens is 1. The third kappa shape index (κ3) is 6.53. The topological polar surface area (TPSA) is 138 Å². The second-order valence-corrected chi connectivity index (χ2v) is 8.85. The molecule has 4 N–H and O–H groups in total. The number of aliphatic carboxylic acids is 2. The van der Waals surface area contributed by atoms with Crippen LogP contribution in [0.5, 0.6) is 0 Å². The Bertz CT molecular complexity index is 1110. The van der Waals surface area contributed by atoms with Gasteiger partial charge in [-0.3, -0.25) is 0 Å². The quantitative estimate of drug-likeness (QED) is 0.454. The third-order valence-corrected chi connectivity index (χ3v) is 6.47. The van der Waals surface area contributed by atoms with Gasteiger partial charge in [-0.1, -0.05) is 18.2 Å². The standard InChI is InChI=1S/C17H20FN3O2S.C4H4O4/c1-19-10-13-9-17(15-6-2-3-7-16(15)18)21(12-13)24(22,23)14-5-4-8-20-11-14;5-3(6)1-2-4(7)8/h2-4,6-9,12,14,19-20H,5,10-11H2,1H3;1-2H,(H,5,6)(H,7,8)/b;2-1+. The predicted molar refractivity (Wildman–Crippen MR) is 117 cm³/mol. The number of allylic oxidation sites excluding steroid dienone is 1. The van der Waals surface area contributed by atoms with Crippen molar-refractivity contribution in [3.63, 3.8) is 0 Å². The van der Waals surface area contributed by atoms with E-state index in [1.165, 1.54) is 10.0 Å². The molecule has 1 aromatic heterocycles. The van der Waals surface area contributed by atoms with Crippen molar-refractivity contribution in [3.8, 4) is 11.3 Å². The molecule has 1 aliphatic rings. The monoisotopic (exact) mass is 465 g/mol. The predicted octanol–water partition coefficient (Wildman–Crippen LogP) is 1.78. The van der Waals surface area contributed by atoms with Crippen molar-refractivity contribution in [2.24, 2.45) is 0 Å². The Hall–Kier alpha value is -3.44. The highest BCUT2D eigenvalue weighted by Gasteiger charge is 2.30. The molecular weight excluding hydrogens is 441 g/mol. The van der Waals surface area contributed by atoms with E-state index in [0.29, 0.717) is 37.4 Å². The minimum Gasteiger partial charge on any atom is -0.478 e. The van der Waals surface area contributed by atoms with Gasteiger partial charge in [-0.15, -0.1) is 0 Å². The molecule has 2 heterocycles. The number of hydrogen-bond donors (Lipinski definition) is 4. The van der Waals surface area contributed by atoms with Gasteiger partial charge >= 0.3 is 11.9 Å². The van der Waals surface area contributed by atoms with E-state index in [0.717, 1.165) is 5.56 Å². The molecule has 0 saturated heterocycles. The molecule has 11 heteroatoms. The van der Waals surface area contributed by atoms with E-state index in [1.807, 2.05) is 0 Å². The molecule has 0 fully saturated rings. The van der Waals surface area contributed by atoms with Crippen LogP contribution in [0.2, 0.25) is 0 Å². The zero-order chi connectivity index (χ0) is 23.7. The summed E-state index contributed by atoms with van der Waals surface area (Å²) >= 11 is 0. The van der Waals surface area contributed by atoms with E-state index in [4.69, 9.17) is 10.2 Å². The molecule has 1 aromatic carbocycles. The number of hydrogen-bond acceptors (Lipinski definition) is 6. The fourth-order valence-corrected chi connectivity index (χ4v) is 4.68. The SMILES string of the molecule is CNCc1cc(-c2ccccc2F)n(S(=O)(=O)C2CC=CNC2)c1.O=C(O)/C=C/C(=O)O. The first-order chi connectivity index (χ1) is 15.2. The maximum Gasteiger partial charge on any atom is 0.328 e. The lowest BCUT2D eigenvalue weighted by Crippen LogP contribution is -2.37. The van der Waals surface area contributed by atoms with Crippen LogP contribution in [0, 0.1) is 5.82 Å². The van der Waals surface area contributed by atoms with Gasteiger partial charge in [-0.05, 0) is 43.4 Å². The molecule has 0 aliphatic carbocycles. The van der Waals surface area contributed by atoms with Crippen molar-refractivity contribution in [2.75, 3.05) is 13.6 Å². The lowest BCUT2D eigenvalue weighted by atomic mass is 10.1. The van der Waals surface area contributed by atoms with Gasteiger partial charge < -0.3 is 20.8 Å². The van der Waals surface area contributed by atoms with Crippen LogP contribution in [-0.2, 0) is 26.2 Å². The first-order valence-corrected chi connectivity index (χ1v) is 11.0. The number of aromatic nitrogens is 1. The highest BCUT2D eigenvalue weighted by Crippen LogP contribution is 2.28. The van der Waals surface area contributed by atoms with E-state index >= 15 is 0 Å². The Morgan fingerprint density at radius 3 is 2.44 bits per heavy atom. The van der Waals surface area contributed by atoms with Crippen LogP contribution in [-0.4, -0.2) is 53.4 Å². The smallest absolute Gasteiger partial charge is 0.328 e. The molecule has 1 aliphatic heterocycles. The zero-order valence-electron chi connectivity index (χ0n) is 17.2. The molecule has 0 spiro atoms. The van der Waals surface area contributed by atoms with Gasteiger partial charge in [-0.2, -0.15) is 0 Å². The number of carboxylic acids is 2. The van der Waals surface area contributed by atoms with Crippen molar-refractivity contribution >= 4 is 22.0 Å². The van der Waals surface area contributed by atoms with Crippen LogP contribution in [0.25, 0.3) is 11.3 Å². The molecule has 0 amide bonds. The summed E-state index contributed by atoms with van der Waals surface area (Å²) in [6, 6.07) is 7.94. The average molecular weight is 466 g/mol. The molecule has 1 atom stereocenters. The Balaban J connectivity index is 0.000000390. The van der Waals surface area contributed by atoms with E-state index in [-0.39, 0.29) is 5.56 Å². The summed E-state index contributed by atoms with van der Waals surface area (Å²) in [6.07, 6.45) is 6.68. The van der Waals surface area contributed by atoms with Gasteiger partial charge in [0.1, 0.15) is 11.1 Å². The molecule has 9 nitrogen and oxygen atoms in total. The lowest BCUT2D eigenvalue weighted by Gasteiger charge is -2.21. The van der Waals surface area contributed by atoms with Crippen molar-refractivity contribution < 1.29 is 32.6 Å². The van der Waals surface area contributed by atoms with Crippen LogP contribution in [0.15, 0.2) is 61.0 Å². The fraction of sp³-hybridized carbons (Fsp3) is 0.238. The van der Waals surface area contributed by atoms with Gasteiger partial charge in [0, 0.05) is 37.0 Å². The first-order valence-electron chi connectivity index (χ1n) is 9.54. The van der Waals surface area contributed by atoms with E-state index in [1.54, 1.807) is 49.8 Å². The fourth-order valence-electron chi connectivity index (χ4n) is 2.99. The first kappa shape index (κ1) is 24.8. The Labute approximate surface area is 184 Å². The van der Waals surface area contributed by atoms with Crippen molar-refractivity contribution in [2.45, 2.75) is 18.2 Å². The van der Waals surface area contributed by atoms with E-state index < -0.39 is 33.0 Å². The molecule has 1 unspecified atom stereocenters. The molecule has 2 aromatic rings. The van der Waals surface area contributed by atoms with Crippen LogP contribution in [0.1, 0.15) is 12.0 Å². The maximum atomic E-state index is 14.2. The van der Waals surface area contributed by atoms with Gasteiger partial charge in [0.15, 0.2) is 0 Å². The van der Waals surface area contributed by atoms with Crippen LogP contribution in [0.4, 0.5) is 4.39 Å². The summed E-state index contributed by atoms with van der Waals surface area (Å²) in [5, 5.41) is 21.0. The second-order valence-electron chi connectivity index (χ2n) is 6.76. The van der Waals surface area contributed by atoms with Crippen molar-refractivity contribution in [1.29, 1.82) is 0 Å². The summed E-state index contributed by atoms with van der Waals surface area (Å²) < 4.78 is 41.6. The highest BCUT2D eigenvalue weighted by atomic mass is 32.2. The Morgan fingerprint density at radius 2 is 1.91 bits per heavy atom. The molecule has 172 valence electrons. The minimum absolute atomic E-state index is 0.280. The number of carboxylic acid groups (broad SMARTS) is 2. The average Bonchev–Trinajstić information content (AvgIpc) is 3.18. The number of rotatable bonds is 7. The molecule has 3 rings (SSSR count). The van der Waals surface area contributed by atoms with Gasteiger partial charge in [0.2, 0.25) is 10.0 Å². The number of nitrogens with zero attached hydrogens (tertiary/aromatic N) is 1. The van der Waals surface area contributed by atoms with Crippen molar-refractivity contribution in [1.82, 2.24) is 14.6 Å². The Morgan fingerprint density at radius 1 is 1.25 bits per heavy atom. The Kier molecular flexibility index (Phi) is 8.73. The number of carbonyl (C=O) groups is 2. The summed E-state index contributed by atoms with van der Waals surface area (Å²) in [4.78, 5) is 19.1. The molecule has 0 radical (unpaired) electrons. The summed E-state index contributed by atoms with van der Waals surface area (Å²) in [5.41, 5.74) is 1.43. The van der Waals surface area contributed by atoms with E-state index in [9.17, 15) is 22.4 Å². The third-order valence-electron chi connectivity index (χ3n) is 4.42. The summed E-state index contributed by atoms with van der Waals surface area (Å²) in [5.74, 6) is -2.95. The second kappa shape index (κ2) is 11.3. The normalized spacial score (nSPS) is 15.6. The zero-order valence-corrected chi connectivity index (χ0v) is 18.0. The maximum absolute atomic E-state index is 14.2. The summed E-state index contributed by atoms with van der Waals surface area (Å²) in [7, 11) is -1.86. The number of nitrogens with one attached hydrogen (secondary N) is 2. The molecular formula is C21H24FN3O6S. The molecule has 0 saturated carbocycles. The largest absolute Gasteiger partial charge is 0.478 e. The lowest BCUT2D eigenvalue weighted by molar-refractivity contribution is -0.134. The van der Waals surface area contributed by atoms with Gasteiger partial charge in [0.25, 0.3) is 0 Å². The van der Waals surface area contributed by atoms with Gasteiger partial charge in [0.05, 0.1) is 5.69 Å². The van der Waals surface area contributed by atoms with Crippen LogP contribution >= 0.6 is 0 Å². The van der Waals surface area contributed by atoms with Gasteiger partial charge in [-0.25, -0.2) is 26.4 Å².